The molecule has 0 spiro atoms. The van der Waals surface area contributed by atoms with Gasteiger partial charge in [-0.1, -0.05) is 41.4 Å². The minimum absolute atomic E-state index is 0.0848. The Hall–Kier alpha value is -3.39. The van der Waals surface area contributed by atoms with Gasteiger partial charge in [0.15, 0.2) is 0 Å². The summed E-state index contributed by atoms with van der Waals surface area (Å²) < 4.78 is 19.7. The Bertz CT molecular complexity index is 1350. The number of amides is 1. The highest BCUT2D eigenvalue weighted by Gasteiger charge is 2.20. The predicted molar refractivity (Wildman–Crippen MR) is 132 cm³/mol. The molecule has 0 bridgehead atoms. The molecule has 4 rings (SSSR count). The topological polar surface area (TPSA) is 75.6 Å². The lowest BCUT2D eigenvalue weighted by Crippen LogP contribution is -2.14. The fourth-order valence-electron chi connectivity index (χ4n) is 3.14. The molecule has 0 aliphatic heterocycles. The summed E-state index contributed by atoms with van der Waals surface area (Å²) in [7, 11) is 0. The smallest absolute Gasteiger partial charge is 0.338 e. The number of carbonyl (C=O) groups excluding carboxylic acids is 1. The molecule has 2 N–H and O–H groups in total. The normalized spacial score (nSPS) is 10.7. The summed E-state index contributed by atoms with van der Waals surface area (Å²) in [5, 5.41) is 13.2. The molecule has 5 nitrogen and oxygen atoms in total. The molecule has 0 radical (unpaired) electrons. The van der Waals surface area contributed by atoms with Gasteiger partial charge in [-0.05, 0) is 60.2 Å². The zero-order valence-electron chi connectivity index (χ0n) is 17.3. The van der Waals surface area contributed by atoms with Crippen LogP contribution in [0.2, 0.25) is 10.0 Å². The highest BCUT2D eigenvalue weighted by Crippen LogP contribution is 2.37. The number of hydrogen-bond donors (Lipinski definition) is 2. The first kappa shape index (κ1) is 23.8. The minimum atomic E-state index is -1.21. The second kappa shape index (κ2) is 10.3. The number of carboxylic acids is 1. The highest BCUT2D eigenvalue weighted by atomic mass is 35.5. The van der Waals surface area contributed by atoms with E-state index in [9.17, 15) is 19.1 Å². The van der Waals surface area contributed by atoms with E-state index >= 15 is 0 Å². The molecule has 0 unspecified atom stereocenters. The number of nitrogens with one attached hydrogen (secondary N) is 1. The molecule has 172 valence electrons. The Labute approximate surface area is 208 Å². The van der Waals surface area contributed by atoms with E-state index in [2.05, 4.69) is 5.32 Å². The first-order chi connectivity index (χ1) is 16.3. The van der Waals surface area contributed by atoms with Crippen molar-refractivity contribution in [3.8, 4) is 16.2 Å². The van der Waals surface area contributed by atoms with Crippen LogP contribution in [0.3, 0.4) is 0 Å². The van der Waals surface area contributed by atoms with Crippen LogP contribution in [0, 0.1) is 5.82 Å². The van der Waals surface area contributed by atoms with Gasteiger partial charge in [0.25, 0.3) is 5.91 Å². The molecule has 3 aromatic carbocycles. The van der Waals surface area contributed by atoms with Gasteiger partial charge in [0.1, 0.15) is 23.2 Å². The number of carboxylic acid groups (broad SMARTS) is 1. The van der Waals surface area contributed by atoms with Gasteiger partial charge in [-0.3, -0.25) is 4.79 Å². The second-order valence-corrected chi connectivity index (χ2v) is 8.97. The maximum Gasteiger partial charge on any atom is 0.338 e. The Morgan fingerprint density at radius 1 is 0.941 bits per heavy atom. The molecule has 0 aliphatic carbocycles. The molecule has 4 aromatic rings. The molecule has 0 atom stereocenters. The van der Waals surface area contributed by atoms with Gasteiger partial charge in [0, 0.05) is 20.5 Å². The van der Waals surface area contributed by atoms with Crippen LogP contribution in [0.1, 0.15) is 26.3 Å². The number of carbonyl (C=O) groups is 2. The van der Waals surface area contributed by atoms with Crippen LogP contribution in [0.15, 0.2) is 72.8 Å². The Kier molecular flexibility index (Phi) is 7.17. The van der Waals surface area contributed by atoms with E-state index in [-0.39, 0.29) is 22.7 Å². The van der Waals surface area contributed by atoms with Crippen LogP contribution >= 0.6 is 34.5 Å². The summed E-state index contributed by atoms with van der Waals surface area (Å²) in [6, 6.07) is 19.2. The predicted octanol–water partition coefficient (Wildman–Crippen LogP) is 7.39. The van der Waals surface area contributed by atoms with E-state index in [1.54, 1.807) is 42.5 Å². The first-order valence-corrected chi connectivity index (χ1v) is 11.5. The number of thiophene rings is 1. The van der Waals surface area contributed by atoms with Gasteiger partial charge >= 0.3 is 5.97 Å². The molecular formula is C25H16Cl2FNO4S. The number of rotatable bonds is 7. The summed E-state index contributed by atoms with van der Waals surface area (Å²) in [5.41, 5.74) is 1.14. The van der Waals surface area contributed by atoms with Crippen molar-refractivity contribution < 1.29 is 23.8 Å². The zero-order chi connectivity index (χ0) is 24.2. The molecule has 34 heavy (non-hydrogen) atoms. The first-order valence-electron chi connectivity index (χ1n) is 9.92. The summed E-state index contributed by atoms with van der Waals surface area (Å²) in [6.07, 6.45) is 0. The summed E-state index contributed by atoms with van der Waals surface area (Å²) in [5.74, 6) is -2.05. The summed E-state index contributed by atoms with van der Waals surface area (Å²) in [6.45, 7) is 0.187. The van der Waals surface area contributed by atoms with Gasteiger partial charge in [0.05, 0.1) is 11.1 Å². The molecule has 1 aromatic heterocycles. The maximum atomic E-state index is 13.9. The van der Waals surface area contributed by atoms with Crippen LogP contribution in [-0.2, 0) is 6.61 Å². The van der Waals surface area contributed by atoms with E-state index in [1.165, 1.54) is 24.3 Å². The van der Waals surface area contributed by atoms with Crippen molar-refractivity contribution in [1.82, 2.24) is 0 Å². The fraction of sp³-hybridized carbons (Fsp3) is 0.0400. The fourth-order valence-corrected chi connectivity index (χ4v) is 4.70. The lowest BCUT2D eigenvalue weighted by molar-refractivity contribution is 0.0698. The van der Waals surface area contributed by atoms with E-state index in [1.807, 2.05) is 0 Å². The molecule has 0 saturated carbocycles. The van der Waals surface area contributed by atoms with Crippen molar-refractivity contribution in [2.45, 2.75) is 6.61 Å². The van der Waals surface area contributed by atoms with E-state index in [4.69, 9.17) is 27.9 Å². The van der Waals surface area contributed by atoms with Crippen molar-refractivity contribution in [2.24, 2.45) is 0 Å². The van der Waals surface area contributed by atoms with Crippen LogP contribution in [0.5, 0.6) is 5.75 Å². The van der Waals surface area contributed by atoms with Crippen LogP contribution in [0.25, 0.3) is 10.4 Å². The van der Waals surface area contributed by atoms with E-state index in [0.29, 0.717) is 26.2 Å². The molecule has 0 fully saturated rings. The monoisotopic (exact) mass is 515 g/mol. The highest BCUT2D eigenvalue weighted by molar-refractivity contribution is 7.20. The van der Waals surface area contributed by atoms with Crippen molar-refractivity contribution >= 4 is 51.4 Å². The standard InChI is InChI=1S/C25H16Cl2FNO4S/c26-19-5-3-6-20(27)18(19)13-33-15-10-8-14(9-11-15)22-12-17(25(31)32)24(34-22)29-23(30)16-4-1-2-7-21(16)28/h1-12H,13H2,(H,29,30)(H,31,32). The average molecular weight is 516 g/mol. The Balaban J connectivity index is 1.52. The van der Waals surface area contributed by atoms with E-state index in [0.717, 1.165) is 23.0 Å². The lowest BCUT2D eigenvalue weighted by Gasteiger charge is -2.10. The second-order valence-electron chi connectivity index (χ2n) is 7.11. The molecule has 0 saturated heterocycles. The van der Waals surface area contributed by atoms with Crippen LogP contribution in [-0.4, -0.2) is 17.0 Å². The number of hydrogen-bond acceptors (Lipinski definition) is 4. The SMILES string of the molecule is O=C(Nc1sc(-c2ccc(OCc3c(Cl)cccc3Cl)cc2)cc1C(=O)O)c1ccccc1F. The van der Waals surface area contributed by atoms with Gasteiger partial charge in [0.2, 0.25) is 0 Å². The third-order valence-electron chi connectivity index (χ3n) is 4.89. The molecule has 1 heterocycles. The molecule has 0 aliphatic rings. The number of anilines is 1. The average Bonchev–Trinajstić information content (AvgIpc) is 3.23. The van der Waals surface area contributed by atoms with Crippen molar-refractivity contribution in [3.05, 3.63) is 105 Å². The lowest BCUT2D eigenvalue weighted by atomic mass is 10.1. The van der Waals surface area contributed by atoms with Gasteiger partial charge in [-0.25, -0.2) is 9.18 Å². The third kappa shape index (κ3) is 5.22. The van der Waals surface area contributed by atoms with Crippen molar-refractivity contribution in [1.29, 1.82) is 0 Å². The van der Waals surface area contributed by atoms with Crippen molar-refractivity contribution in [3.63, 3.8) is 0 Å². The largest absolute Gasteiger partial charge is 0.489 e. The maximum absolute atomic E-state index is 13.9. The summed E-state index contributed by atoms with van der Waals surface area (Å²) in [4.78, 5) is 24.8. The minimum Gasteiger partial charge on any atom is -0.489 e. The summed E-state index contributed by atoms with van der Waals surface area (Å²) >= 11 is 13.4. The van der Waals surface area contributed by atoms with E-state index < -0.39 is 17.7 Å². The molecular weight excluding hydrogens is 500 g/mol. The number of benzene rings is 3. The quantitative estimate of drug-likeness (QED) is 0.269. The Morgan fingerprint density at radius 2 is 1.62 bits per heavy atom. The van der Waals surface area contributed by atoms with Crippen molar-refractivity contribution in [2.75, 3.05) is 5.32 Å². The Morgan fingerprint density at radius 3 is 2.26 bits per heavy atom. The number of aromatic carboxylic acids is 1. The molecule has 1 amide bonds. The van der Waals surface area contributed by atoms with Crippen LogP contribution < -0.4 is 10.1 Å². The molecule has 9 heteroatoms. The van der Waals surface area contributed by atoms with Gasteiger partial charge < -0.3 is 15.2 Å². The van der Waals surface area contributed by atoms with Crippen LogP contribution in [0.4, 0.5) is 9.39 Å². The number of halogens is 3. The van der Waals surface area contributed by atoms with Gasteiger partial charge in [-0.2, -0.15) is 0 Å². The zero-order valence-corrected chi connectivity index (χ0v) is 19.7. The van der Waals surface area contributed by atoms with Gasteiger partial charge in [-0.15, -0.1) is 11.3 Å². The third-order valence-corrected chi connectivity index (χ3v) is 6.70. The number of ether oxygens (including phenoxy) is 1.